The minimum Gasteiger partial charge on any atom is -0.326 e. The molecule has 2 heterocycles. The molecule has 3 aromatic rings. The molecular formula is C20H18ClFN6O. The van der Waals surface area contributed by atoms with E-state index in [1.54, 1.807) is 13.0 Å². The summed E-state index contributed by atoms with van der Waals surface area (Å²) in [6.45, 7) is 5.61. The summed E-state index contributed by atoms with van der Waals surface area (Å²) < 4.78 is 16.2. The Morgan fingerprint density at radius 3 is 2.72 bits per heavy atom. The van der Waals surface area contributed by atoms with Crippen LogP contribution >= 0.6 is 11.6 Å². The van der Waals surface area contributed by atoms with E-state index in [0.717, 1.165) is 11.1 Å². The van der Waals surface area contributed by atoms with Crippen molar-refractivity contribution in [2.45, 2.75) is 26.8 Å². The Balaban J connectivity index is 1.83. The van der Waals surface area contributed by atoms with Crippen LogP contribution < -0.4 is 10.6 Å². The number of nitrogens with zero attached hydrogens (tertiary/aromatic N) is 4. The number of hydrogen-bond donors (Lipinski definition) is 2. The Morgan fingerprint density at radius 2 is 1.97 bits per heavy atom. The predicted molar refractivity (Wildman–Crippen MR) is 108 cm³/mol. The SMILES string of the molecule is CC1=C(C(=O)Nc2cccc(C)c2C)C(c2c(F)cccc2Cl)n2nnnc2N1. The Bertz CT molecular complexity index is 1140. The van der Waals surface area contributed by atoms with Crippen LogP contribution in [-0.2, 0) is 4.79 Å². The molecule has 29 heavy (non-hydrogen) atoms. The minimum atomic E-state index is -0.917. The van der Waals surface area contributed by atoms with E-state index >= 15 is 0 Å². The van der Waals surface area contributed by atoms with Crippen LogP contribution in [0, 0.1) is 19.7 Å². The fourth-order valence-electron chi connectivity index (χ4n) is 3.42. The molecule has 1 aliphatic rings. The molecule has 7 nitrogen and oxygen atoms in total. The van der Waals surface area contributed by atoms with Crippen molar-refractivity contribution in [2.24, 2.45) is 0 Å². The first-order chi connectivity index (χ1) is 13.9. The second-order valence-corrected chi connectivity index (χ2v) is 7.26. The van der Waals surface area contributed by atoms with Crippen LogP contribution in [0.15, 0.2) is 47.7 Å². The van der Waals surface area contributed by atoms with Gasteiger partial charge in [0.1, 0.15) is 11.9 Å². The van der Waals surface area contributed by atoms with Crippen LogP contribution in [-0.4, -0.2) is 26.1 Å². The maximum atomic E-state index is 14.8. The van der Waals surface area contributed by atoms with Crippen molar-refractivity contribution in [1.29, 1.82) is 0 Å². The number of benzene rings is 2. The van der Waals surface area contributed by atoms with E-state index in [2.05, 4.69) is 26.2 Å². The highest BCUT2D eigenvalue weighted by atomic mass is 35.5. The van der Waals surface area contributed by atoms with Gasteiger partial charge in [-0.25, -0.2) is 4.39 Å². The number of anilines is 2. The van der Waals surface area contributed by atoms with Gasteiger partial charge in [0.05, 0.1) is 5.57 Å². The van der Waals surface area contributed by atoms with Gasteiger partial charge in [-0.15, -0.1) is 0 Å². The molecule has 9 heteroatoms. The number of fused-ring (bicyclic) bond motifs is 1. The molecule has 0 radical (unpaired) electrons. The third-order valence-electron chi connectivity index (χ3n) is 5.08. The van der Waals surface area contributed by atoms with Crippen molar-refractivity contribution in [3.8, 4) is 0 Å². The maximum Gasteiger partial charge on any atom is 0.255 e. The Kier molecular flexibility index (Phi) is 4.79. The van der Waals surface area contributed by atoms with Crippen molar-refractivity contribution < 1.29 is 9.18 Å². The number of allylic oxidation sites excluding steroid dienone is 1. The van der Waals surface area contributed by atoms with Crippen molar-refractivity contribution in [3.05, 3.63) is 75.2 Å². The molecule has 0 saturated heterocycles. The van der Waals surface area contributed by atoms with Crippen LogP contribution in [0.4, 0.5) is 16.0 Å². The Hall–Kier alpha value is -3.26. The zero-order valence-electron chi connectivity index (χ0n) is 16.0. The molecule has 1 atom stereocenters. The summed E-state index contributed by atoms with van der Waals surface area (Å²) in [6, 6.07) is 9.11. The Morgan fingerprint density at radius 1 is 1.21 bits per heavy atom. The van der Waals surface area contributed by atoms with Gasteiger partial charge in [-0.3, -0.25) is 4.79 Å². The maximum absolute atomic E-state index is 14.8. The number of rotatable bonds is 3. The number of tetrazole rings is 1. The summed E-state index contributed by atoms with van der Waals surface area (Å²) in [7, 11) is 0. The molecule has 0 aliphatic carbocycles. The summed E-state index contributed by atoms with van der Waals surface area (Å²) >= 11 is 6.32. The molecular weight excluding hydrogens is 395 g/mol. The number of hydrogen-bond acceptors (Lipinski definition) is 5. The minimum absolute atomic E-state index is 0.134. The highest BCUT2D eigenvalue weighted by Crippen LogP contribution is 2.39. The molecule has 148 valence electrons. The predicted octanol–water partition coefficient (Wildman–Crippen LogP) is 4.01. The third kappa shape index (κ3) is 3.25. The van der Waals surface area contributed by atoms with E-state index < -0.39 is 17.8 Å². The first-order valence-electron chi connectivity index (χ1n) is 8.95. The van der Waals surface area contributed by atoms with E-state index in [1.165, 1.54) is 16.8 Å². The van der Waals surface area contributed by atoms with Crippen molar-refractivity contribution in [2.75, 3.05) is 10.6 Å². The molecule has 0 saturated carbocycles. The smallest absolute Gasteiger partial charge is 0.255 e. The molecule has 2 N–H and O–H groups in total. The molecule has 1 amide bonds. The summed E-state index contributed by atoms with van der Waals surface area (Å²) in [5.74, 6) is -0.639. The lowest BCUT2D eigenvalue weighted by Crippen LogP contribution is -2.32. The standard InChI is InChI=1S/C20H18ClFN6O/c1-10-6-4-9-15(11(10)2)24-19(29)16-12(3)23-20-25-26-27-28(20)18(16)17-13(21)7-5-8-14(17)22/h4-9,18H,1-3H3,(H,24,29)(H,23,25,27). The van der Waals surface area contributed by atoms with Crippen LogP contribution in [0.5, 0.6) is 0 Å². The van der Waals surface area contributed by atoms with E-state index in [-0.39, 0.29) is 16.2 Å². The highest BCUT2D eigenvalue weighted by molar-refractivity contribution is 6.31. The average molecular weight is 413 g/mol. The van der Waals surface area contributed by atoms with E-state index in [1.807, 2.05) is 32.0 Å². The fourth-order valence-corrected chi connectivity index (χ4v) is 3.69. The second kappa shape index (κ2) is 7.29. The first-order valence-corrected chi connectivity index (χ1v) is 9.33. The number of carbonyl (C=O) groups excluding carboxylic acids is 1. The van der Waals surface area contributed by atoms with Crippen molar-refractivity contribution in [1.82, 2.24) is 20.2 Å². The van der Waals surface area contributed by atoms with Gasteiger partial charge in [-0.1, -0.05) is 34.9 Å². The number of carbonyl (C=O) groups is 1. The van der Waals surface area contributed by atoms with Crippen molar-refractivity contribution >= 4 is 29.1 Å². The molecule has 0 fully saturated rings. The quantitative estimate of drug-likeness (QED) is 0.679. The number of nitrogens with one attached hydrogen (secondary N) is 2. The van der Waals surface area contributed by atoms with E-state index in [0.29, 0.717) is 17.3 Å². The van der Waals surface area contributed by atoms with Gasteiger partial charge in [0, 0.05) is 22.0 Å². The van der Waals surface area contributed by atoms with Gasteiger partial charge in [0.25, 0.3) is 5.91 Å². The molecule has 4 rings (SSSR count). The van der Waals surface area contributed by atoms with Gasteiger partial charge in [0.15, 0.2) is 0 Å². The molecule has 0 spiro atoms. The second-order valence-electron chi connectivity index (χ2n) is 6.85. The number of halogens is 2. The topological polar surface area (TPSA) is 84.7 Å². The molecule has 1 aliphatic heterocycles. The lowest BCUT2D eigenvalue weighted by atomic mass is 9.94. The third-order valence-corrected chi connectivity index (χ3v) is 5.41. The zero-order valence-corrected chi connectivity index (χ0v) is 16.8. The highest BCUT2D eigenvalue weighted by Gasteiger charge is 2.36. The van der Waals surface area contributed by atoms with Crippen LogP contribution in [0.25, 0.3) is 0 Å². The van der Waals surface area contributed by atoms with Crippen molar-refractivity contribution in [3.63, 3.8) is 0 Å². The zero-order chi connectivity index (χ0) is 20.7. The average Bonchev–Trinajstić information content (AvgIpc) is 3.13. The monoisotopic (exact) mass is 412 g/mol. The summed E-state index contributed by atoms with van der Waals surface area (Å²) in [4.78, 5) is 13.3. The molecule has 0 bridgehead atoms. The summed E-state index contributed by atoms with van der Waals surface area (Å²) in [5, 5.41) is 17.6. The van der Waals surface area contributed by atoms with Crippen LogP contribution in [0.3, 0.4) is 0 Å². The van der Waals surface area contributed by atoms with E-state index in [4.69, 9.17) is 11.6 Å². The van der Waals surface area contributed by atoms with Gasteiger partial charge in [-0.05, 0) is 60.5 Å². The van der Waals surface area contributed by atoms with Gasteiger partial charge >= 0.3 is 0 Å². The molecule has 1 unspecified atom stereocenters. The molecule has 2 aromatic carbocycles. The normalized spacial score (nSPS) is 15.7. The summed E-state index contributed by atoms with van der Waals surface area (Å²) in [6.07, 6.45) is 0. The largest absolute Gasteiger partial charge is 0.326 e. The van der Waals surface area contributed by atoms with Crippen LogP contribution in [0.1, 0.15) is 29.7 Å². The van der Waals surface area contributed by atoms with Gasteiger partial charge < -0.3 is 10.6 Å². The van der Waals surface area contributed by atoms with Crippen LogP contribution in [0.2, 0.25) is 5.02 Å². The number of aryl methyl sites for hydroxylation is 1. The van der Waals surface area contributed by atoms with E-state index in [9.17, 15) is 9.18 Å². The first kappa shape index (κ1) is 19.1. The lowest BCUT2D eigenvalue weighted by molar-refractivity contribution is -0.113. The van der Waals surface area contributed by atoms with Gasteiger partial charge in [-0.2, -0.15) is 4.68 Å². The van der Waals surface area contributed by atoms with Gasteiger partial charge in [0.2, 0.25) is 5.95 Å². The Labute approximate surface area is 171 Å². The summed E-state index contributed by atoms with van der Waals surface area (Å²) in [5.41, 5.74) is 3.60. The lowest BCUT2D eigenvalue weighted by Gasteiger charge is -2.28. The molecule has 1 aromatic heterocycles. The number of aromatic nitrogens is 4. The fraction of sp³-hybridized carbons (Fsp3) is 0.200. The number of amides is 1.